The quantitative estimate of drug-likeness (QED) is 0.328. The van der Waals surface area contributed by atoms with E-state index >= 15 is 0 Å². The van der Waals surface area contributed by atoms with Crippen molar-refractivity contribution in [2.24, 2.45) is 16.8 Å². The van der Waals surface area contributed by atoms with Crippen molar-refractivity contribution in [3.8, 4) is 11.4 Å². The predicted molar refractivity (Wildman–Crippen MR) is 161 cm³/mol. The fourth-order valence-electron chi connectivity index (χ4n) is 6.92. The summed E-state index contributed by atoms with van der Waals surface area (Å²) < 4.78 is 2.77. The molecule has 2 heterocycles. The Balaban J connectivity index is 1.29. The van der Waals surface area contributed by atoms with Gasteiger partial charge in [0.1, 0.15) is 0 Å². The third-order valence-corrected chi connectivity index (χ3v) is 8.93. The lowest BCUT2D eigenvalue weighted by atomic mass is 9.90. The van der Waals surface area contributed by atoms with Crippen molar-refractivity contribution in [3.05, 3.63) is 107 Å². The number of nitrogens with zero attached hydrogens (tertiary/aromatic N) is 4. The minimum Gasteiger partial charge on any atom is -0.340 e. The van der Waals surface area contributed by atoms with Crippen LogP contribution < -0.4 is 0 Å². The number of fused-ring (bicyclic) bond motifs is 5. The van der Waals surface area contributed by atoms with Crippen LogP contribution in [0.1, 0.15) is 79.0 Å². The molecule has 4 aliphatic rings. The molecular weight excluding hydrogens is 476 g/mol. The maximum atomic E-state index is 5.06. The van der Waals surface area contributed by atoms with Crippen LogP contribution in [0.4, 0.5) is 0 Å². The van der Waals surface area contributed by atoms with Crippen molar-refractivity contribution in [1.29, 1.82) is 0 Å². The highest BCUT2D eigenvalue weighted by atomic mass is 15.1. The number of aromatic nitrogens is 3. The van der Waals surface area contributed by atoms with Gasteiger partial charge in [0.25, 0.3) is 0 Å². The third-order valence-electron chi connectivity index (χ3n) is 8.93. The largest absolute Gasteiger partial charge is 0.340 e. The van der Waals surface area contributed by atoms with E-state index in [1.807, 2.05) is 44.3 Å². The van der Waals surface area contributed by atoms with E-state index < -0.39 is 0 Å². The number of hydrogen-bond donors (Lipinski definition) is 0. The van der Waals surface area contributed by atoms with E-state index in [9.17, 15) is 0 Å². The van der Waals surface area contributed by atoms with E-state index in [4.69, 9.17) is 9.97 Å². The Morgan fingerprint density at radius 3 is 2.69 bits per heavy atom. The lowest BCUT2D eigenvalue weighted by molar-refractivity contribution is 0.452. The zero-order chi connectivity index (χ0) is 26.5. The van der Waals surface area contributed by atoms with Gasteiger partial charge in [-0.2, -0.15) is 0 Å². The molecule has 0 radical (unpaired) electrons. The lowest BCUT2D eigenvalue weighted by Crippen LogP contribution is -2.22. The highest BCUT2D eigenvalue weighted by Gasteiger charge is 2.45. The highest BCUT2D eigenvalue weighted by Crippen LogP contribution is 2.56. The zero-order valence-corrected chi connectivity index (χ0v) is 23.1. The van der Waals surface area contributed by atoms with Gasteiger partial charge in [-0.1, -0.05) is 73.7 Å². The molecule has 4 nitrogen and oxygen atoms in total. The summed E-state index contributed by atoms with van der Waals surface area (Å²) in [6.45, 7) is 4.38. The summed E-state index contributed by atoms with van der Waals surface area (Å²) in [6.07, 6.45) is 22.5. The molecule has 0 bridgehead atoms. The van der Waals surface area contributed by atoms with Crippen LogP contribution >= 0.6 is 0 Å². The monoisotopic (exact) mass is 512 g/mol. The first-order valence-corrected chi connectivity index (χ1v) is 14.5. The van der Waals surface area contributed by atoms with Gasteiger partial charge in [0.05, 0.1) is 23.1 Å². The number of aliphatic imine (C=N–C) groups is 1. The average molecular weight is 513 g/mol. The summed E-state index contributed by atoms with van der Waals surface area (Å²) in [5.74, 6) is 2.57. The molecule has 3 aromatic rings. The minimum absolute atomic E-state index is 0.350. The molecule has 2 aromatic heterocycles. The zero-order valence-electron chi connectivity index (χ0n) is 23.1. The summed E-state index contributed by atoms with van der Waals surface area (Å²) >= 11 is 0. The van der Waals surface area contributed by atoms with Crippen LogP contribution in [0.3, 0.4) is 0 Å². The molecule has 4 aliphatic carbocycles. The van der Waals surface area contributed by atoms with Crippen LogP contribution in [0.25, 0.3) is 23.0 Å². The molecule has 1 saturated carbocycles. The molecule has 7 rings (SSSR count). The number of benzene rings is 1. The van der Waals surface area contributed by atoms with Crippen molar-refractivity contribution in [2.75, 3.05) is 7.05 Å². The van der Waals surface area contributed by atoms with Crippen LogP contribution in [0.2, 0.25) is 0 Å². The maximum absolute atomic E-state index is 5.06. The fourth-order valence-corrected chi connectivity index (χ4v) is 6.92. The van der Waals surface area contributed by atoms with Gasteiger partial charge in [-0.05, 0) is 79.7 Å². The van der Waals surface area contributed by atoms with Crippen LogP contribution in [0, 0.1) is 11.8 Å². The molecule has 0 N–H and O–H groups in total. The number of allylic oxidation sites excluding steroid dienone is 7. The first-order valence-electron chi connectivity index (χ1n) is 14.5. The van der Waals surface area contributed by atoms with Crippen LogP contribution in [-0.4, -0.2) is 27.3 Å². The molecule has 0 aliphatic heterocycles. The van der Waals surface area contributed by atoms with Crippen LogP contribution in [0.5, 0.6) is 0 Å². The topological polar surface area (TPSA) is 43.1 Å². The second kappa shape index (κ2) is 9.75. The normalized spacial score (nSPS) is 25.3. The van der Waals surface area contributed by atoms with E-state index in [1.54, 1.807) is 22.5 Å². The van der Waals surface area contributed by atoms with Crippen molar-refractivity contribution in [1.82, 2.24) is 14.5 Å². The van der Waals surface area contributed by atoms with E-state index in [2.05, 4.69) is 65.1 Å². The Morgan fingerprint density at radius 1 is 1.05 bits per heavy atom. The van der Waals surface area contributed by atoms with Gasteiger partial charge >= 0.3 is 0 Å². The van der Waals surface area contributed by atoms with Gasteiger partial charge in [0.15, 0.2) is 5.82 Å². The molecule has 4 unspecified atom stereocenters. The first kappa shape index (κ1) is 24.3. The second-order valence-corrected chi connectivity index (χ2v) is 11.4. The van der Waals surface area contributed by atoms with E-state index in [-0.39, 0.29) is 0 Å². The Morgan fingerprint density at radius 2 is 1.90 bits per heavy atom. The standard InChI is InChI=1S/C35H36N4/c1-4-10-29(36-3)31-21-30(37-35(38-31)23-11-6-5-7-12-23)25-16-18-32(22(2)19-25)39-33-14-9-8-13-26(33)27-17-15-24-20-28(24)34(27)39/h4-7,10-12,15-19,21-22,24,28,32H,8-9,13-14,20H2,1-3H3/b10-4-,36-29?. The fraction of sp³-hybridized carbons (Fsp3) is 0.343. The van der Waals surface area contributed by atoms with Crippen molar-refractivity contribution in [2.45, 2.75) is 57.9 Å². The summed E-state index contributed by atoms with van der Waals surface area (Å²) in [5.41, 5.74) is 11.3. The number of rotatable bonds is 5. The molecular formula is C35H36N4. The molecule has 39 heavy (non-hydrogen) atoms. The summed E-state index contributed by atoms with van der Waals surface area (Å²) in [7, 11) is 1.82. The Bertz CT molecular complexity index is 1580. The smallest absolute Gasteiger partial charge is 0.160 e. The minimum atomic E-state index is 0.350. The Kier molecular flexibility index (Phi) is 6.07. The lowest BCUT2D eigenvalue weighted by Gasteiger charge is -2.30. The molecule has 196 valence electrons. The van der Waals surface area contributed by atoms with Crippen molar-refractivity contribution in [3.63, 3.8) is 0 Å². The molecule has 0 amide bonds. The van der Waals surface area contributed by atoms with Gasteiger partial charge in [0, 0.05) is 29.9 Å². The van der Waals surface area contributed by atoms with E-state index in [1.165, 1.54) is 32.1 Å². The summed E-state index contributed by atoms with van der Waals surface area (Å²) in [4.78, 5) is 14.5. The third kappa shape index (κ3) is 4.17. The summed E-state index contributed by atoms with van der Waals surface area (Å²) in [6, 6.07) is 12.7. The van der Waals surface area contributed by atoms with Gasteiger partial charge in [0.2, 0.25) is 0 Å². The van der Waals surface area contributed by atoms with Gasteiger partial charge in [-0.3, -0.25) is 4.99 Å². The van der Waals surface area contributed by atoms with Crippen molar-refractivity contribution < 1.29 is 0 Å². The average Bonchev–Trinajstić information content (AvgIpc) is 3.71. The molecule has 0 spiro atoms. The molecule has 0 saturated heterocycles. The van der Waals surface area contributed by atoms with Crippen molar-refractivity contribution >= 4 is 17.4 Å². The Labute approximate surface area is 231 Å². The molecule has 1 fully saturated rings. The van der Waals surface area contributed by atoms with Gasteiger partial charge in [-0.25, -0.2) is 9.97 Å². The van der Waals surface area contributed by atoms with Gasteiger partial charge in [-0.15, -0.1) is 0 Å². The molecule has 4 atom stereocenters. The predicted octanol–water partition coefficient (Wildman–Crippen LogP) is 7.78. The van der Waals surface area contributed by atoms with E-state index in [0.717, 1.165) is 45.9 Å². The van der Waals surface area contributed by atoms with Crippen LogP contribution in [0.15, 0.2) is 77.8 Å². The first-order chi connectivity index (χ1) is 19.2. The second-order valence-electron chi connectivity index (χ2n) is 11.4. The Hall–Kier alpha value is -3.79. The molecule has 4 heteroatoms. The summed E-state index contributed by atoms with van der Waals surface area (Å²) in [5, 5.41) is 0. The molecule has 1 aromatic carbocycles. The SMILES string of the molecule is C/C=C\C(=NC)c1cc(C2=CC(C)C(n3c4c(c5c3C3CC3C=C5)CCCC4)C=C2)nc(-c2ccccc2)n1. The maximum Gasteiger partial charge on any atom is 0.160 e. The van der Waals surface area contributed by atoms with Gasteiger partial charge < -0.3 is 4.57 Å². The van der Waals surface area contributed by atoms with E-state index in [0.29, 0.717) is 12.0 Å². The van der Waals surface area contributed by atoms with Crippen LogP contribution in [-0.2, 0) is 12.8 Å². The number of hydrogen-bond acceptors (Lipinski definition) is 3. The highest BCUT2D eigenvalue weighted by molar-refractivity contribution is 6.07.